The number of anilines is 1. The van der Waals surface area contributed by atoms with E-state index in [-0.39, 0.29) is 10.7 Å². The van der Waals surface area contributed by atoms with Crippen LogP contribution < -0.4 is 5.32 Å². The Kier molecular flexibility index (Phi) is 6.65. The van der Waals surface area contributed by atoms with Crippen LogP contribution >= 0.6 is 0 Å². The van der Waals surface area contributed by atoms with Gasteiger partial charge in [0.2, 0.25) is 15.9 Å². The molecule has 1 N–H and O–H groups in total. The van der Waals surface area contributed by atoms with Crippen LogP contribution in [-0.4, -0.2) is 31.7 Å². The lowest BCUT2D eigenvalue weighted by molar-refractivity contribution is -0.111. The summed E-state index contributed by atoms with van der Waals surface area (Å²) >= 11 is 0. The van der Waals surface area contributed by atoms with E-state index < -0.39 is 15.9 Å². The molecule has 138 valence electrons. The van der Waals surface area contributed by atoms with Gasteiger partial charge in [-0.2, -0.15) is 4.31 Å². The molecule has 0 spiro atoms. The van der Waals surface area contributed by atoms with Gasteiger partial charge in [0.15, 0.2) is 0 Å². The fourth-order valence-electron chi connectivity index (χ4n) is 2.39. The van der Waals surface area contributed by atoms with Crippen LogP contribution in [0, 0.1) is 5.82 Å². The summed E-state index contributed by atoms with van der Waals surface area (Å²) in [6, 6.07) is 11.9. The van der Waals surface area contributed by atoms with Gasteiger partial charge in [-0.25, -0.2) is 12.8 Å². The van der Waals surface area contributed by atoms with Crippen LogP contribution in [0.15, 0.2) is 59.5 Å². The molecular formula is C19H21FN2O3S. The van der Waals surface area contributed by atoms with Gasteiger partial charge in [-0.3, -0.25) is 4.79 Å². The largest absolute Gasteiger partial charge is 0.323 e. The van der Waals surface area contributed by atoms with Crippen LogP contribution in [0.1, 0.15) is 19.4 Å². The predicted molar refractivity (Wildman–Crippen MR) is 101 cm³/mol. The van der Waals surface area contributed by atoms with E-state index in [1.54, 1.807) is 26.0 Å². The van der Waals surface area contributed by atoms with Gasteiger partial charge < -0.3 is 5.32 Å². The zero-order valence-electron chi connectivity index (χ0n) is 14.6. The Hall–Kier alpha value is -2.51. The van der Waals surface area contributed by atoms with Crippen LogP contribution in [0.4, 0.5) is 10.1 Å². The predicted octanol–water partition coefficient (Wildman–Crippen LogP) is 3.51. The van der Waals surface area contributed by atoms with Gasteiger partial charge >= 0.3 is 0 Å². The second-order valence-electron chi connectivity index (χ2n) is 5.49. The highest BCUT2D eigenvalue weighted by Crippen LogP contribution is 2.18. The number of amides is 1. The van der Waals surface area contributed by atoms with E-state index in [2.05, 4.69) is 5.32 Å². The second kappa shape index (κ2) is 8.73. The molecule has 0 aromatic heterocycles. The number of nitrogens with one attached hydrogen (secondary N) is 1. The zero-order chi connectivity index (χ0) is 19.2. The normalized spacial score (nSPS) is 11.8. The molecule has 5 nitrogen and oxygen atoms in total. The van der Waals surface area contributed by atoms with Crippen molar-refractivity contribution in [3.05, 3.63) is 66.0 Å². The number of hydrogen-bond acceptors (Lipinski definition) is 3. The van der Waals surface area contributed by atoms with E-state index >= 15 is 0 Å². The van der Waals surface area contributed by atoms with Crippen LogP contribution in [0.3, 0.4) is 0 Å². The van der Waals surface area contributed by atoms with Crippen LogP contribution in [0.25, 0.3) is 6.08 Å². The van der Waals surface area contributed by atoms with E-state index in [9.17, 15) is 17.6 Å². The summed E-state index contributed by atoms with van der Waals surface area (Å²) in [6.07, 6.45) is 2.78. The molecule has 26 heavy (non-hydrogen) atoms. The van der Waals surface area contributed by atoms with Crippen molar-refractivity contribution >= 4 is 27.7 Å². The summed E-state index contributed by atoms with van der Waals surface area (Å²) in [5.41, 5.74) is 1.04. The first-order valence-corrected chi connectivity index (χ1v) is 9.65. The van der Waals surface area contributed by atoms with Gasteiger partial charge in [-0.1, -0.05) is 26.0 Å². The van der Waals surface area contributed by atoms with Crippen LogP contribution in [0.2, 0.25) is 0 Å². The summed E-state index contributed by atoms with van der Waals surface area (Å²) in [6.45, 7) is 4.34. The number of sulfonamides is 1. The van der Waals surface area contributed by atoms with Crippen molar-refractivity contribution in [2.75, 3.05) is 18.4 Å². The topological polar surface area (TPSA) is 66.5 Å². The summed E-state index contributed by atoms with van der Waals surface area (Å²) in [5.74, 6) is -0.772. The molecule has 0 saturated carbocycles. The number of rotatable bonds is 7. The average Bonchev–Trinajstić information content (AvgIpc) is 2.61. The molecule has 0 bridgehead atoms. The van der Waals surface area contributed by atoms with Crippen LogP contribution in [0.5, 0.6) is 0 Å². The molecule has 7 heteroatoms. The molecule has 0 saturated heterocycles. The van der Waals surface area contributed by atoms with Crippen molar-refractivity contribution in [1.82, 2.24) is 4.31 Å². The molecule has 0 heterocycles. The fraction of sp³-hybridized carbons (Fsp3) is 0.211. The molecule has 0 unspecified atom stereocenters. The van der Waals surface area contributed by atoms with Crippen LogP contribution in [-0.2, 0) is 14.8 Å². The summed E-state index contributed by atoms with van der Waals surface area (Å²) < 4.78 is 39.3. The fourth-order valence-corrected chi connectivity index (χ4v) is 3.85. The van der Waals surface area contributed by atoms with Gasteiger partial charge in [-0.05, 0) is 48.0 Å². The highest BCUT2D eigenvalue weighted by Gasteiger charge is 2.21. The van der Waals surface area contributed by atoms with Crippen molar-refractivity contribution in [3.8, 4) is 0 Å². The first kappa shape index (κ1) is 19.8. The summed E-state index contributed by atoms with van der Waals surface area (Å²) in [5, 5.41) is 2.63. The molecule has 2 aromatic rings. The number of benzene rings is 2. The van der Waals surface area contributed by atoms with Crippen molar-refractivity contribution in [2.45, 2.75) is 18.7 Å². The molecule has 0 fully saturated rings. The quantitative estimate of drug-likeness (QED) is 0.752. The molecule has 2 aromatic carbocycles. The molecule has 1 amide bonds. The van der Waals surface area contributed by atoms with Gasteiger partial charge in [0.05, 0.1) is 4.90 Å². The molecule has 0 aliphatic heterocycles. The van der Waals surface area contributed by atoms with Gasteiger partial charge in [-0.15, -0.1) is 0 Å². The minimum atomic E-state index is -3.53. The van der Waals surface area contributed by atoms with E-state index in [0.717, 1.165) is 0 Å². The van der Waals surface area contributed by atoms with E-state index in [4.69, 9.17) is 0 Å². The Bertz CT molecular complexity index is 889. The molecule has 0 aliphatic carbocycles. The highest BCUT2D eigenvalue weighted by atomic mass is 32.2. The number of hydrogen-bond donors (Lipinski definition) is 1. The minimum Gasteiger partial charge on any atom is -0.323 e. The second-order valence-corrected chi connectivity index (χ2v) is 7.43. The smallest absolute Gasteiger partial charge is 0.248 e. The first-order valence-electron chi connectivity index (χ1n) is 8.21. The molecule has 2 rings (SSSR count). The molecule has 0 aliphatic rings. The van der Waals surface area contributed by atoms with Crippen molar-refractivity contribution in [3.63, 3.8) is 0 Å². The maximum atomic E-state index is 13.1. The molecular weight excluding hydrogens is 355 g/mol. The van der Waals surface area contributed by atoms with Crippen molar-refractivity contribution in [1.29, 1.82) is 0 Å². The first-order chi connectivity index (χ1) is 12.4. The van der Waals surface area contributed by atoms with Gasteiger partial charge in [0, 0.05) is 24.9 Å². The number of nitrogens with zero attached hydrogens (tertiary/aromatic N) is 1. The molecule has 0 atom stereocenters. The maximum absolute atomic E-state index is 13.1. The Morgan fingerprint density at radius 3 is 2.35 bits per heavy atom. The Balaban J connectivity index is 2.06. The Morgan fingerprint density at radius 2 is 1.77 bits per heavy atom. The highest BCUT2D eigenvalue weighted by molar-refractivity contribution is 7.89. The lowest BCUT2D eigenvalue weighted by Gasteiger charge is -2.18. The van der Waals surface area contributed by atoms with Crippen molar-refractivity contribution < 1.29 is 17.6 Å². The SMILES string of the molecule is CCN(CC)S(=O)(=O)c1ccc(NC(=O)/C=C/c2cccc(F)c2)cc1. The third-order valence-corrected chi connectivity index (χ3v) is 5.80. The van der Waals surface area contributed by atoms with Gasteiger partial charge in [0.1, 0.15) is 5.82 Å². The van der Waals surface area contributed by atoms with E-state index in [1.807, 2.05) is 0 Å². The lowest BCUT2D eigenvalue weighted by Crippen LogP contribution is -2.30. The maximum Gasteiger partial charge on any atom is 0.248 e. The Labute approximate surface area is 153 Å². The zero-order valence-corrected chi connectivity index (χ0v) is 15.5. The Morgan fingerprint density at radius 1 is 1.12 bits per heavy atom. The van der Waals surface area contributed by atoms with Crippen molar-refractivity contribution in [2.24, 2.45) is 0 Å². The lowest BCUT2D eigenvalue weighted by atomic mass is 10.2. The standard InChI is InChI=1S/C19H21FN2O3S/c1-3-22(4-2)26(24,25)18-11-9-17(10-12-18)21-19(23)13-8-15-6-5-7-16(20)14-15/h5-14H,3-4H2,1-2H3,(H,21,23)/b13-8+. The minimum absolute atomic E-state index is 0.175. The third-order valence-electron chi connectivity index (χ3n) is 3.74. The molecule has 0 radical (unpaired) electrons. The monoisotopic (exact) mass is 376 g/mol. The van der Waals surface area contributed by atoms with E-state index in [0.29, 0.717) is 24.3 Å². The van der Waals surface area contributed by atoms with E-state index in [1.165, 1.54) is 52.9 Å². The third kappa shape index (κ3) is 5.00. The number of halogens is 1. The average molecular weight is 376 g/mol. The number of carbonyl (C=O) groups excluding carboxylic acids is 1. The number of carbonyl (C=O) groups is 1. The van der Waals surface area contributed by atoms with Gasteiger partial charge in [0.25, 0.3) is 0 Å². The summed E-state index contributed by atoms with van der Waals surface area (Å²) in [4.78, 5) is 12.1. The summed E-state index contributed by atoms with van der Waals surface area (Å²) in [7, 11) is -3.53.